The Balaban J connectivity index is 1.60. The number of fused-ring (bicyclic) bond motifs is 1. The quantitative estimate of drug-likeness (QED) is 0.240. The number of aromatic nitrogens is 2. The Morgan fingerprint density at radius 1 is 1.18 bits per heavy atom. The Morgan fingerprint density at radius 2 is 1.92 bits per heavy atom. The van der Waals surface area contributed by atoms with Gasteiger partial charge in [0.2, 0.25) is 5.91 Å². The van der Waals surface area contributed by atoms with Crippen LogP contribution in [0.25, 0.3) is 10.9 Å². The molecule has 0 unspecified atom stereocenters. The molecular formula is C26H30ClN5O4S2. The van der Waals surface area contributed by atoms with Gasteiger partial charge in [-0.15, -0.1) is 11.3 Å². The van der Waals surface area contributed by atoms with Crippen LogP contribution in [0.3, 0.4) is 0 Å². The second kappa shape index (κ2) is 11.7. The number of hydrogen-bond acceptors (Lipinski definition) is 7. The third kappa shape index (κ3) is 6.12. The monoisotopic (exact) mass is 575 g/mol. The van der Waals surface area contributed by atoms with Crippen molar-refractivity contribution in [2.24, 2.45) is 11.7 Å². The predicted molar refractivity (Wildman–Crippen MR) is 151 cm³/mol. The fourth-order valence-electron chi connectivity index (χ4n) is 4.01. The van der Waals surface area contributed by atoms with Gasteiger partial charge in [-0.3, -0.25) is 14.2 Å². The van der Waals surface area contributed by atoms with Crippen LogP contribution in [-0.4, -0.2) is 37.3 Å². The van der Waals surface area contributed by atoms with Gasteiger partial charge in [0, 0.05) is 6.54 Å². The van der Waals surface area contributed by atoms with Crippen molar-refractivity contribution in [1.82, 2.24) is 15.1 Å². The van der Waals surface area contributed by atoms with Gasteiger partial charge >= 0.3 is 0 Å². The first-order valence-corrected chi connectivity index (χ1v) is 14.7. The highest BCUT2D eigenvalue weighted by molar-refractivity contribution is 7.94. The van der Waals surface area contributed by atoms with Crippen LogP contribution < -0.4 is 20.5 Å². The van der Waals surface area contributed by atoms with E-state index in [1.807, 2.05) is 50.2 Å². The number of amides is 1. The molecule has 0 saturated heterocycles. The number of sulfonamides is 1. The average Bonchev–Trinajstić information content (AvgIpc) is 3.50. The molecule has 0 fully saturated rings. The molecule has 38 heavy (non-hydrogen) atoms. The summed E-state index contributed by atoms with van der Waals surface area (Å²) in [5.41, 5.74) is 8.58. The molecule has 4 N–H and O–H groups in total. The zero-order valence-corrected chi connectivity index (χ0v) is 23.7. The summed E-state index contributed by atoms with van der Waals surface area (Å²) in [5, 5.41) is 8.05. The van der Waals surface area contributed by atoms with Crippen LogP contribution in [0.4, 0.5) is 5.82 Å². The van der Waals surface area contributed by atoms with Crippen molar-refractivity contribution in [3.63, 3.8) is 0 Å². The molecule has 0 aliphatic heterocycles. The molecule has 0 saturated carbocycles. The fourth-order valence-corrected chi connectivity index (χ4v) is 6.50. The Labute approximate surface area is 231 Å². The van der Waals surface area contributed by atoms with E-state index in [4.69, 9.17) is 22.1 Å². The highest BCUT2D eigenvalue weighted by Crippen LogP contribution is 2.35. The molecule has 0 radical (unpaired) electrons. The summed E-state index contributed by atoms with van der Waals surface area (Å²) in [6.07, 6.45) is 0.825. The minimum atomic E-state index is -3.90. The predicted octanol–water partition coefficient (Wildman–Crippen LogP) is 4.60. The molecule has 0 aliphatic carbocycles. The highest BCUT2D eigenvalue weighted by Gasteiger charge is 2.23. The van der Waals surface area contributed by atoms with Crippen LogP contribution in [-0.2, 0) is 27.9 Å². The normalized spacial score (nSPS) is 13.3. The van der Waals surface area contributed by atoms with Gasteiger partial charge in [0.05, 0.1) is 34.9 Å². The van der Waals surface area contributed by atoms with E-state index in [0.29, 0.717) is 34.1 Å². The molecule has 0 aliphatic rings. The molecule has 2 atom stereocenters. The average molecular weight is 576 g/mol. The summed E-state index contributed by atoms with van der Waals surface area (Å²) < 4.78 is 36.3. The van der Waals surface area contributed by atoms with Crippen LogP contribution in [0.1, 0.15) is 31.4 Å². The van der Waals surface area contributed by atoms with Gasteiger partial charge < -0.3 is 15.8 Å². The lowest BCUT2D eigenvalue weighted by Crippen LogP contribution is -2.44. The Hall–Kier alpha value is -3.12. The maximum absolute atomic E-state index is 13.0. The van der Waals surface area contributed by atoms with Gasteiger partial charge in [-0.05, 0) is 41.3 Å². The van der Waals surface area contributed by atoms with Crippen molar-refractivity contribution in [2.75, 3.05) is 11.8 Å². The van der Waals surface area contributed by atoms with Gasteiger partial charge in [-0.2, -0.15) is 5.10 Å². The number of nitrogens with one attached hydrogen (secondary N) is 2. The number of nitrogens with two attached hydrogens (primary N) is 1. The largest absolute Gasteiger partial charge is 0.496 e. The second-order valence-electron chi connectivity index (χ2n) is 8.97. The minimum absolute atomic E-state index is 0.0860. The third-order valence-electron chi connectivity index (χ3n) is 6.35. The lowest BCUT2D eigenvalue weighted by molar-refractivity contribution is -0.123. The van der Waals surface area contributed by atoms with E-state index in [1.165, 1.54) is 19.2 Å². The molecule has 2 aromatic heterocycles. The zero-order chi connectivity index (χ0) is 27.4. The van der Waals surface area contributed by atoms with Crippen molar-refractivity contribution in [3.8, 4) is 5.75 Å². The van der Waals surface area contributed by atoms with Gasteiger partial charge in [0.15, 0.2) is 5.82 Å². The van der Waals surface area contributed by atoms with Gasteiger partial charge in [0.25, 0.3) is 10.0 Å². The summed E-state index contributed by atoms with van der Waals surface area (Å²) in [6, 6.07) is 15.6. The zero-order valence-electron chi connectivity index (χ0n) is 21.3. The number of carbonyl (C=O) groups is 1. The standard InChI is InChI=1S/C26H30ClN5O4S2/c1-4-16(2)24(28)26(33)29-14-17-7-5-8-18(13-17)15-32-19-9-6-10-20(36-3)23(19)25(30-32)31-38(34,35)22-12-11-21(27)37-22/h5-13,16,24H,4,14-15,28H2,1-3H3,(H,29,33)(H,30,31)/t16-,24-/m0/s1. The number of nitrogens with zero attached hydrogens (tertiary/aromatic N) is 2. The number of anilines is 1. The Morgan fingerprint density at radius 3 is 2.61 bits per heavy atom. The number of carbonyl (C=O) groups excluding carboxylic acids is 1. The molecule has 2 aromatic carbocycles. The van der Waals surface area contributed by atoms with Gasteiger partial charge in [0.1, 0.15) is 9.96 Å². The smallest absolute Gasteiger partial charge is 0.272 e. The topological polar surface area (TPSA) is 128 Å². The number of benzene rings is 2. The molecule has 0 spiro atoms. The van der Waals surface area contributed by atoms with Crippen molar-refractivity contribution in [3.05, 3.63) is 70.1 Å². The summed E-state index contributed by atoms with van der Waals surface area (Å²) in [5.74, 6) is 0.558. The Bertz CT molecular complexity index is 1550. The van der Waals surface area contributed by atoms with Gasteiger partial charge in [-0.25, -0.2) is 8.42 Å². The molecule has 202 valence electrons. The molecule has 2 heterocycles. The molecule has 9 nitrogen and oxygen atoms in total. The summed E-state index contributed by atoms with van der Waals surface area (Å²) in [6.45, 7) is 4.67. The van der Waals surface area contributed by atoms with E-state index in [9.17, 15) is 13.2 Å². The number of methoxy groups -OCH3 is 1. The number of hydrogen-bond donors (Lipinski definition) is 3. The molecule has 4 aromatic rings. The molecule has 12 heteroatoms. The summed E-state index contributed by atoms with van der Waals surface area (Å²) in [7, 11) is -2.38. The second-order valence-corrected chi connectivity index (χ2v) is 12.6. The van der Waals surface area contributed by atoms with E-state index >= 15 is 0 Å². The number of ether oxygens (including phenoxy) is 1. The van der Waals surface area contributed by atoms with Crippen molar-refractivity contribution in [1.29, 1.82) is 0 Å². The van der Waals surface area contributed by atoms with Crippen molar-refractivity contribution < 1.29 is 17.9 Å². The first kappa shape index (κ1) is 27.9. The van der Waals surface area contributed by atoms with Crippen LogP contribution >= 0.6 is 22.9 Å². The summed E-state index contributed by atoms with van der Waals surface area (Å²) >= 11 is 6.91. The minimum Gasteiger partial charge on any atom is -0.496 e. The van der Waals surface area contributed by atoms with Crippen molar-refractivity contribution in [2.45, 2.75) is 43.6 Å². The first-order valence-electron chi connectivity index (χ1n) is 12.1. The maximum atomic E-state index is 13.0. The molecular weight excluding hydrogens is 546 g/mol. The molecule has 1 amide bonds. The number of rotatable bonds is 11. The van der Waals surface area contributed by atoms with E-state index in [1.54, 1.807) is 10.7 Å². The van der Waals surface area contributed by atoms with E-state index < -0.39 is 16.1 Å². The van der Waals surface area contributed by atoms with Crippen LogP contribution in [0.5, 0.6) is 5.75 Å². The number of halogens is 1. The fraction of sp³-hybridized carbons (Fsp3) is 0.308. The van der Waals surface area contributed by atoms with Crippen LogP contribution in [0, 0.1) is 5.92 Å². The van der Waals surface area contributed by atoms with Crippen molar-refractivity contribution >= 4 is 55.6 Å². The third-order valence-corrected chi connectivity index (χ3v) is 9.42. The SMILES string of the molecule is CC[C@H](C)[C@H](N)C(=O)NCc1cccc(Cn2nc(NS(=O)(=O)c3ccc(Cl)s3)c3c(OC)cccc32)c1. The number of thiophene rings is 1. The molecule has 4 rings (SSSR count). The lowest BCUT2D eigenvalue weighted by atomic mass is 9.99. The van der Waals surface area contributed by atoms with Gasteiger partial charge in [-0.1, -0.05) is 62.2 Å². The van der Waals surface area contributed by atoms with E-state index in [2.05, 4.69) is 15.1 Å². The summed E-state index contributed by atoms with van der Waals surface area (Å²) in [4.78, 5) is 12.4. The lowest BCUT2D eigenvalue weighted by Gasteiger charge is -2.17. The van der Waals surface area contributed by atoms with E-state index in [0.717, 1.165) is 28.9 Å². The first-order chi connectivity index (χ1) is 18.1. The van der Waals surface area contributed by atoms with Crippen LogP contribution in [0.15, 0.2) is 58.8 Å². The van der Waals surface area contributed by atoms with E-state index in [-0.39, 0.29) is 21.9 Å². The maximum Gasteiger partial charge on any atom is 0.272 e. The Kier molecular flexibility index (Phi) is 8.61. The highest BCUT2D eigenvalue weighted by atomic mass is 35.5. The molecule has 0 bridgehead atoms. The van der Waals surface area contributed by atoms with Crippen LogP contribution in [0.2, 0.25) is 4.34 Å².